The van der Waals surface area contributed by atoms with Crippen LogP contribution in [-0.2, 0) is 24.3 Å². The van der Waals surface area contributed by atoms with Crippen molar-refractivity contribution in [3.05, 3.63) is 65.9 Å². The summed E-state index contributed by atoms with van der Waals surface area (Å²) in [5.41, 5.74) is 1.06. The zero-order chi connectivity index (χ0) is 26.9. The van der Waals surface area contributed by atoms with Gasteiger partial charge in [0.15, 0.2) is 0 Å². The number of rotatable bonds is 6. The number of amides is 1. The second kappa shape index (κ2) is 10.9. The first-order chi connectivity index (χ1) is 18.3. The third-order valence-corrected chi connectivity index (χ3v) is 9.21. The molecule has 0 aliphatic carbocycles. The number of ether oxygens (including phenoxy) is 1. The number of carbonyl (C=O) groups is 2. The fourth-order valence-corrected chi connectivity index (χ4v) is 6.89. The lowest BCUT2D eigenvalue weighted by Gasteiger charge is -2.46. The molecule has 3 aromatic rings. The molecule has 11 heteroatoms. The Balaban J connectivity index is 1.38. The van der Waals surface area contributed by atoms with Crippen molar-refractivity contribution in [1.29, 1.82) is 0 Å². The minimum atomic E-state index is -4.05. The van der Waals surface area contributed by atoms with E-state index >= 15 is 0 Å². The number of halogens is 1. The third-order valence-electron chi connectivity index (χ3n) is 7.17. The topological polar surface area (TPSA) is 100 Å². The predicted octanol–water partition coefficient (Wildman–Crippen LogP) is 3.32. The van der Waals surface area contributed by atoms with E-state index in [1.165, 1.54) is 6.07 Å². The van der Waals surface area contributed by atoms with Gasteiger partial charge in [-0.15, -0.1) is 0 Å². The first-order valence-corrected chi connectivity index (χ1v) is 14.4. The van der Waals surface area contributed by atoms with E-state index in [1.54, 1.807) is 54.5 Å². The van der Waals surface area contributed by atoms with Crippen LogP contribution in [0.25, 0.3) is 10.8 Å². The highest BCUT2D eigenvalue weighted by atomic mass is 35.5. The van der Waals surface area contributed by atoms with Crippen molar-refractivity contribution in [2.24, 2.45) is 0 Å². The summed E-state index contributed by atoms with van der Waals surface area (Å²) in [6.07, 6.45) is 4.80. The number of anilines is 1. The van der Waals surface area contributed by atoms with Gasteiger partial charge >= 0.3 is 5.97 Å². The number of esters is 1. The number of pyridine rings is 1. The van der Waals surface area contributed by atoms with Crippen LogP contribution >= 0.6 is 11.6 Å². The average Bonchev–Trinajstić information content (AvgIpc) is 2.93. The van der Waals surface area contributed by atoms with Crippen LogP contribution in [0.3, 0.4) is 0 Å². The molecule has 1 atom stereocenters. The lowest BCUT2D eigenvalue weighted by molar-refractivity contribution is -0.161. The summed E-state index contributed by atoms with van der Waals surface area (Å²) in [7, 11) is -4.05. The Labute approximate surface area is 227 Å². The Morgan fingerprint density at radius 3 is 2.45 bits per heavy atom. The van der Waals surface area contributed by atoms with Crippen LogP contribution in [0, 0.1) is 0 Å². The number of sulfonamides is 1. The van der Waals surface area contributed by atoms with Gasteiger partial charge < -0.3 is 14.5 Å². The van der Waals surface area contributed by atoms with Gasteiger partial charge in [0.2, 0.25) is 15.9 Å². The molecular formula is C27H29ClN4O5S. The number of aromatic nitrogens is 1. The largest absolute Gasteiger partial charge is 0.464 e. The van der Waals surface area contributed by atoms with Gasteiger partial charge in [0.25, 0.3) is 0 Å². The van der Waals surface area contributed by atoms with Crippen LogP contribution < -0.4 is 4.90 Å². The standard InChI is InChI=1S/C27H29ClN4O5S/c1-2-37-27(34)25-17-31(38(35,36)24-6-4-19-15-21(28)5-3-20(19)16-24)18-26(33)32(25)23-9-13-30(14-10-23)22-7-11-29-12-8-22/h3-8,11-12,15-16,23,25H,2,9-10,13-14,17-18H2,1H3. The SMILES string of the molecule is CCOC(=O)C1CN(S(=O)(=O)c2ccc3cc(Cl)ccc3c2)CC(=O)N1C1CCN(c2ccncc2)CC1. The summed E-state index contributed by atoms with van der Waals surface area (Å²) in [4.78, 5) is 34.4. The van der Waals surface area contributed by atoms with Crippen molar-refractivity contribution < 1.29 is 22.7 Å². The van der Waals surface area contributed by atoms with Crippen LogP contribution in [0.4, 0.5) is 5.69 Å². The lowest BCUT2D eigenvalue weighted by Crippen LogP contribution is -2.64. The van der Waals surface area contributed by atoms with Gasteiger partial charge in [-0.2, -0.15) is 4.31 Å². The van der Waals surface area contributed by atoms with E-state index in [0.29, 0.717) is 36.3 Å². The maximum absolute atomic E-state index is 13.6. The molecule has 0 N–H and O–H groups in total. The quantitative estimate of drug-likeness (QED) is 0.429. The molecule has 0 saturated carbocycles. The highest BCUT2D eigenvalue weighted by molar-refractivity contribution is 7.89. The van der Waals surface area contributed by atoms with Crippen LogP contribution in [-0.4, -0.2) is 79.4 Å². The fourth-order valence-electron chi connectivity index (χ4n) is 5.28. The third kappa shape index (κ3) is 5.21. The second-order valence-corrected chi connectivity index (χ2v) is 11.8. The van der Waals surface area contributed by atoms with E-state index in [0.717, 1.165) is 15.4 Å². The maximum atomic E-state index is 13.6. The van der Waals surface area contributed by atoms with Crippen molar-refractivity contribution in [3.8, 4) is 0 Å². The van der Waals surface area contributed by atoms with E-state index in [2.05, 4.69) is 9.88 Å². The number of carbonyl (C=O) groups excluding carboxylic acids is 2. The fraction of sp³-hybridized carbons (Fsp3) is 0.370. The summed E-state index contributed by atoms with van der Waals surface area (Å²) < 4.78 is 33.6. The van der Waals surface area contributed by atoms with Crippen LogP contribution in [0.1, 0.15) is 19.8 Å². The van der Waals surface area contributed by atoms with Gasteiger partial charge in [0.1, 0.15) is 6.04 Å². The summed E-state index contributed by atoms with van der Waals surface area (Å²) in [6, 6.07) is 12.6. The monoisotopic (exact) mass is 556 g/mol. The van der Waals surface area contributed by atoms with Crippen LogP contribution in [0.5, 0.6) is 0 Å². The Morgan fingerprint density at radius 1 is 1.05 bits per heavy atom. The van der Waals surface area contributed by atoms with E-state index in [4.69, 9.17) is 16.3 Å². The Morgan fingerprint density at radius 2 is 1.74 bits per heavy atom. The number of hydrogen-bond donors (Lipinski definition) is 0. The zero-order valence-corrected chi connectivity index (χ0v) is 22.6. The van der Waals surface area contributed by atoms with Crippen molar-refractivity contribution >= 4 is 50.0 Å². The highest BCUT2D eigenvalue weighted by Crippen LogP contribution is 2.30. The molecule has 2 fully saturated rings. The molecule has 2 saturated heterocycles. The van der Waals surface area contributed by atoms with E-state index in [1.807, 2.05) is 12.1 Å². The number of piperazine rings is 1. The maximum Gasteiger partial charge on any atom is 0.330 e. The molecule has 2 aromatic carbocycles. The average molecular weight is 557 g/mol. The van der Waals surface area contributed by atoms with Gasteiger partial charge in [0, 0.05) is 48.8 Å². The molecule has 0 bridgehead atoms. The van der Waals surface area contributed by atoms with Crippen molar-refractivity contribution in [2.45, 2.75) is 36.7 Å². The van der Waals surface area contributed by atoms with Gasteiger partial charge in [-0.25, -0.2) is 13.2 Å². The second-order valence-electron chi connectivity index (χ2n) is 9.44. The van der Waals surface area contributed by atoms with E-state index in [-0.39, 0.29) is 30.6 Å². The molecule has 1 unspecified atom stereocenters. The van der Waals surface area contributed by atoms with Crippen LogP contribution in [0.15, 0.2) is 65.8 Å². The van der Waals surface area contributed by atoms with Crippen molar-refractivity contribution in [2.75, 3.05) is 37.7 Å². The van der Waals surface area contributed by atoms with Crippen LogP contribution in [0.2, 0.25) is 5.02 Å². The molecule has 1 amide bonds. The van der Waals surface area contributed by atoms with Crippen molar-refractivity contribution in [3.63, 3.8) is 0 Å². The molecule has 5 rings (SSSR count). The molecule has 200 valence electrons. The normalized spacial score (nSPS) is 19.6. The van der Waals surface area contributed by atoms with Gasteiger partial charge in [-0.1, -0.05) is 23.7 Å². The molecule has 38 heavy (non-hydrogen) atoms. The van der Waals surface area contributed by atoms with E-state index < -0.39 is 27.9 Å². The molecule has 2 aliphatic heterocycles. The molecule has 9 nitrogen and oxygen atoms in total. The molecule has 0 radical (unpaired) electrons. The molecule has 1 aromatic heterocycles. The van der Waals surface area contributed by atoms with Gasteiger partial charge in [0.05, 0.1) is 18.0 Å². The number of nitrogens with zero attached hydrogens (tertiary/aromatic N) is 4. The van der Waals surface area contributed by atoms with Gasteiger partial charge in [-0.3, -0.25) is 9.78 Å². The Kier molecular flexibility index (Phi) is 7.56. The zero-order valence-electron chi connectivity index (χ0n) is 21.0. The Hall–Kier alpha value is -3.21. The number of hydrogen-bond acceptors (Lipinski definition) is 7. The van der Waals surface area contributed by atoms with Crippen molar-refractivity contribution in [1.82, 2.24) is 14.2 Å². The number of piperidine rings is 1. The number of benzene rings is 2. The summed E-state index contributed by atoms with van der Waals surface area (Å²) in [6.45, 7) is 2.75. The lowest BCUT2D eigenvalue weighted by atomic mass is 9.99. The molecule has 2 aliphatic rings. The minimum Gasteiger partial charge on any atom is -0.464 e. The highest BCUT2D eigenvalue weighted by Gasteiger charge is 2.45. The minimum absolute atomic E-state index is 0.0573. The van der Waals surface area contributed by atoms with Gasteiger partial charge in [-0.05, 0) is 66.9 Å². The number of fused-ring (bicyclic) bond motifs is 1. The molecule has 3 heterocycles. The predicted molar refractivity (Wildman–Crippen MR) is 144 cm³/mol. The smallest absolute Gasteiger partial charge is 0.330 e. The first-order valence-electron chi connectivity index (χ1n) is 12.6. The summed E-state index contributed by atoms with van der Waals surface area (Å²) in [5.74, 6) is -0.988. The summed E-state index contributed by atoms with van der Waals surface area (Å²) in [5, 5.41) is 2.07. The molecular weight excluding hydrogens is 528 g/mol. The molecule has 0 spiro atoms. The summed E-state index contributed by atoms with van der Waals surface area (Å²) >= 11 is 6.06. The first kappa shape index (κ1) is 26.4. The van der Waals surface area contributed by atoms with E-state index in [9.17, 15) is 18.0 Å². The Bertz CT molecular complexity index is 1440.